The summed E-state index contributed by atoms with van der Waals surface area (Å²) in [6.45, 7) is 2.49. The number of unbranched alkanes of at least 4 members (excludes halogenated alkanes) is 15. The molecule has 0 radical (unpaired) electrons. The number of amides is 1. The number of nitrogens with one attached hydrogen (secondary N) is 1. The predicted octanol–water partition coefficient (Wildman–Crippen LogP) is 9.83. The molecule has 3 atom stereocenters. The average Bonchev–Trinajstić information content (AvgIpc) is 3.13. The molecule has 0 saturated carbocycles. The maximum Gasteiger partial charge on any atom is 0.472 e. The number of carbonyl (C=O) groups excluding carboxylic acids is 2. The normalized spacial score (nSPS) is 14.3. The van der Waals surface area contributed by atoms with E-state index >= 15 is 0 Å². The maximum atomic E-state index is 12.2. The number of esters is 1. The fraction of sp³-hybridized carbons (Fsp3) is 0.732. The molecule has 0 rings (SSSR count). The zero-order valence-corrected chi connectivity index (χ0v) is 33.7. The predicted molar refractivity (Wildman–Crippen MR) is 212 cm³/mol. The van der Waals surface area contributed by atoms with E-state index in [0.29, 0.717) is 12.8 Å². The molecular weight excluding hydrogens is 697 g/mol. The average molecular weight is 770 g/mol. The number of aliphatic hydroxyl groups is 1. The molecule has 0 aliphatic carbocycles. The molecule has 0 aromatic heterocycles. The molecule has 1 amide bonds. The summed E-state index contributed by atoms with van der Waals surface area (Å²) in [5.41, 5.74) is 0. The van der Waals surface area contributed by atoms with Crippen LogP contribution in [0.1, 0.15) is 162 Å². The number of carboxylic acids is 1. The molecule has 0 aliphatic rings. The molecule has 0 aromatic carbocycles. The Morgan fingerprint density at radius 2 is 1.04 bits per heavy atom. The van der Waals surface area contributed by atoms with Crippen molar-refractivity contribution in [3.63, 3.8) is 0 Å². The van der Waals surface area contributed by atoms with E-state index in [9.17, 15) is 34.1 Å². The lowest BCUT2D eigenvalue weighted by atomic mass is 10.1. The minimum Gasteiger partial charge on any atom is -0.480 e. The highest BCUT2D eigenvalue weighted by atomic mass is 31.2. The summed E-state index contributed by atoms with van der Waals surface area (Å²) in [5, 5.41) is 21.7. The molecule has 0 bridgehead atoms. The van der Waals surface area contributed by atoms with Crippen LogP contribution in [0.5, 0.6) is 0 Å². The Morgan fingerprint density at radius 1 is 0.604 bits per heavy atom. The number of allylic oxidation sites excluding steroid dienone is 8. The van der Waals surface area contributed by atoms with Gasteiger partial charge in [0.2, 0.25) is 5.91 Å². The van der Waals surface area contributed by atoms with Crippen molar-refractivity contribution in [3.05, 3.63) is 48.6 Å². The number of carbonyl (C=O) groups is 3. The van der Waals surface area contributed by atoms with Gasteiger partial charge in [0, 0.05) is 12.8 Å². The van der Waals surface area contributed by atoms with Crippen molar-refractivity contribution in [2.24, 2.45) is 0 Å². The van der Waals surface area contributed by atoms with Crippen LogP contribution in [-0.4, -0.2) is 64.9 Å². The van der Waals surface area contributed by atoms with Crippen LogP contribution >= 0.6 is 7.82 Å². The van der Waals surface area contributed by atoms with Gasteiger partial charge in [-0.25, -0.2) is 9.36 Å². The van der Waals surface area contributed by atoms with Crippen LogP contribution in [0.4, 0.5) is 0 Å². The molecule has 11 nitrogen and oxygen atoms in total. The molecule has 3 unspecified atom stereocenters. The highest BCUT2D eigenvalue weighted by molar-refractivity contribution is 7.47. The minimum atomic E-state index is -4.76. The quantitative estimate of drug-likeness (QED) is 0.0207. The van der Waals surface area contributed by atoms with E-state index in [1.54, 1.807) is 0 Å². The van der Waals surface area contributed by atoms with Gasteiger partial charge in [0.1, 0.15) is 12.7 Å². The fourth-order valence-corrected chi connectivity index (χ4v) is 5.95. The van der Waals surface area contributed by atoms with Gasteiger partial charge in [-0.1, -0.05) is 140 Å². The molecule has 0 spiro atoms. The van der Waals surface area contributed by atoms with E-state index in [0.717, 1.165) is 57.8 Å². The lowest BCUT2D eigenvalue weighted by Crippen LogP contribution is -2.43. The van der Waals surface area contributed by atoms with E-state index in [4.69, 9.17) is 13.8 Å². The third-order valence-electron chi connectivity index (χ3n) is 8.37. The smallest absolute Gasteiger partial charge is 0.472 e. The van der Waals surface area contributed by atoms with Crippen molar-refractivity contribution in [2.45, 2.75) is 174 Å². The Balaban J connectivity index is 3.97. The molecule has 0 fully saturated rings. The maximum absolute atomic E-state index is 12.2. The van der Waals surface area contributed by atoms with Gasteiger partial charge < -0.3 is 25.2 Å². The Kier molecular flexibility index (Phi) is 34.7. The van der Waals surface area contributed by atoms with Crippen LogP contribution in [0.2, 0.25) is 0 Å². The van der Waals surface area contributed by atoms with E-state index in [-0.39, 0.29) is 12.8 Å². The molecule has 306 valence electrons. The summed E-state index contributed by atoms with van der Waals surface area (Å²) in [6, 6.07) is -1.55. The summed E-state index contributed by atoms with van der Waals surface area (Å²) < 4.78 is 26.7. The van der Waals surface area contributed by atoms with Gasteiger partial charge in [0.05, 0.1) is 13.2 Å². The van der Waals surface area contributed by atoms with Crippen LogP contribution in [0.15, 0.2) is 48.6 Å². The van der Waals surface area contributed by atoms with Crippen molar-refractivity contribution >= 4 is 25.7 Å². The van der Waals surface area contributed by atoms with Crippen LogP contribution < -0.4 is 5.32 Å². The lowest BCUT2D eigenvalue weighted by molar-refractivity contribution is -0.147. The van der Waals surface area contributed by atoms with Crippen molar-refractivity contribution in [1.29, 1.82) is 0 Å². The molecule has 12 heteroatoms. The Morgan fingerprint density at radius 3 is 1.58 bits per heavy atom. The van der Waals surface area contributed by atoms with Gasteiger partial charge in [-0.2, -0.15) is 0 Å². The lowest BCUT2D eigenvalue weighted by Gasteiger charge is -2.18. The van der Waals surface area contributed by atoms with Crippen molar-refractivity contribution in [1.82, 2.24) is 5.32 Å². The topological polar surface area (TPSA) is 169 Å². The van der Waals surface area contributed by atoms with Gasteiger partial charge in [-0.05, 0) is 57.8 Å². The minimum absolute atomic E-state index is 0.143. The standard InChI is InChI=1S/C41H72NO10P/c1-3-5-7-9-11-13-15-16-17-18-19-20-21-22-23-25-27-29-31-33-40(45)50-34-37(43)35-51-53(48,49)52-36-38(41(46)47)42-39(44)32-30-28-26-24-14-12-10-8-6-4-2/h11,13,16-17,19-20,22-23,37-38,43H,3-10,12,14-15,18,21,24-36H2,1-2H3,(H,42,44)(H,46,47)(H,48,49)/b13-11-,17-16-,20-19-,23-22-. The van der Waals surface area contributed by atoms with E-state index in [1.165, 1.54) is 64.2 Å². The monoisotopic (exact) mass is 769 g/mol. The first-order valence-electron chi connectivity index (χ1n) is 20.2. The van der Waals surface area contributed by atoms with Gasteiger partial charge in [0.25, 0.3) is 0 Å². The number of aliphatic hydroxyl groups excluding tert-OH is 1. The number of phosphoric ester groups is 1. The summed E-state index contributed by atoms with van der Waals surface area (Å²) in [4.78, 5) is 45.7. The summed E-state index contributed by atoms with van der Waals surface area (Å²) >= 11 is 0. The molecule has 4 N–H and O–H groups in total. The molecule has 0 aliphatic heterocycles. The first-order chi connectivity index (χ1) is 25.6. The number of hydrogen-bond donors (Lipinski definition) is 4. The summed E-state index contributed by atoms with van der Waals surface area (Å²) in [6.07, 6.45) is 38.6. The van der Waals surface area contributed by atoms with Crippen LogP contribution in [0, 0.1) is 0 Å². The largest absolute Gasteiger partial charge is 0.480 e. The van der Waals surface area contributed by atoms with Crippen molar-refractivity contribution in [3.8, 4) is 0 Å². The highest BCUT2D eigenvalue weighted by Crippen LogP contribution is 2.43. The zero-order chi connectivity index (χ0) is 39.3. The van der Waals surface area contributed by atoms with Gasteiger partial charge in [0.15, 0.2) is 6.04 Å². The third kappa shape index (κ3) is 36.2. The summed E-state index contributed by atoms with van der Waals surface area (Å²) in [7, 11) is -4.76. The molecule has 0 saturated heterocycles. The van der Waals surface area contributed by atoms with Crippen molar-refractivity contribution in [2.75, 3.05) is 19.8 Å². The number of phosphoric acid groups is 1. The SMILES string of the molecule is CCCCC/C=C\C/C=C\C/C=C\C/C=C\CCCCCC(=O)OCC(O)COP(=O)(O)OCC(NC(=O)CCCCCCCCCCCC)C(=O)O. The number of hydrogen-bond acceptors (Lipinski definition) is 8. The fourth-order valence-electron chi connectivity index (χ4n) is 5.18. The molecule has 0 heterocycles. The second-order valence-corrected chi connectivity index (χ2v) is 14.9. The van der Waals surface area contributed by atoms with Gasteiger partial charge in [-0.15, -0.1) is 0 Å². The second kappa shape index (κ2) is 36.4. The third-order valence-corrected chi connectivity index (χ3v) is 9.32. The summed E-state index contributed by atoms with van der Waals surface area (Å²) in [5.74, 6) is -2.41. The van der Waals surface area contributed by atoms with Crippen LogP contribution in [-0.2, 0) is 32.7 Å². The van der Waals surface area contributed by atoms with Gasteiger partial charge >= 0.3 is 19.8 Å². The van der Waals surface area contributed by atoms with Gasteiger partial charge in [-0.3, -0.25) is 18.6 Å². The first-order valence-corrected chi connectivity index (χ1v) is 21.7. The number of rotatable bonds is 37. The first kappa shape index (κ1) is 50.4. The van der Waals surface area contributed by atoms with Crippen LogP contribution in [0.25, 0.3) is 0 Å². The van der Waals surface area contributed by atoms with E-state index < -0.39 is 57.6 Å². The highest BCUT2D eigenvalue weighted by Gasteiger charge is 2.28. The Labute approximate surface area is 320 Å². The molecular formula is C41H72NO10P. The Hall–Kier alpha value is -2.56. The number of ether oxygens (including phenoxy) is 1. The zero-order valence-electron chi connectivity index (χ0n) is 32.8. The number of aliphatic carboxylic acids is 1. The number of carboxylic acid groups (broad SMARTS) is 1. The molecule has 0 aromatic rings. The van der Waals surface area contributed by atoms with Crippen molar-refractivity contribution < 1.29 is 47.8 Å². The van der Waals surface area contributed by atoms with E-state index in [2.05, 4.69) is 67.8 Å². The molecule has 53 heavy (non-hydrogen) atoms. The second-order valence-electron chi connectivity index (χ2n) is 13.5. The Bertz CT molecular complexity index is 1090. The van der Waals surface area contributed by atoms with Crippen LogP contribution in [0.3, 0.4) is 0 Å². The van der Waals surface area contributed by atoms with E-state index in [1.807, 2.05) is 0 Å².